The Balaban J connectivity index is 1.52. The van der Waals surface area contributed by atoms with Crippen LogP contribution in [0.1, 0.15) is 22.9 Å². The van der Waals surface area contributed by atoms with Gasteiger partial charge in [0.05, 0.1) is 25.0 Å². The lowest BCUT2D eigenvalue weighted by Gasteiger charge is -2.23. The first-order chi connectivity index (χ1) is 12.3. The van der Waals surface area contributed by atoms with Crippen LogP contribution in [-0.4, -0.2) is 38.9 Å². The molecule has 1 atom stereocenters. The number of fused-ring (bicyclic) bond motifs is 4. The molecule has 25 heavy (non-hydrogen) atoms. The van der Waals surface area contributed by atoms with Crippen molar-refractivity contribution in [1.29, 1.82) is 0 Å². The van der Waals surface area contributed by atoms with Crippen LogP contribution in [0.2, 0.25) is 0 Å². The van der Waals surface area contributed by atoms with Gasteiger partial charge in [-0.3, -0.25) is 9.52 Å². The summed E-state index contributed by atoms with van der Waals surface area (Å²) >= 11 is 0. The monoisotopic (exact) mass is 339 g/mol. The minimum atomic E-state index is -0.159. The summed E-state index contributed by atoms with van der Waals surface area (Å²) < 4.78 is 1.80. The van der Waals surface area contributed by atoms with E-state index >= 15 is 0 Å². The highest BCUT2D eigenvalue weighted by molar-refractivity contribution is 5.77. The van der Waals surface area contributed by atoms with Crippen LogP contribution >= 0.6 is 0 Å². The largest absolute Gasteiger partial charge is 0.345 e. The smallest absolute Gasteiger partial charge is 0.314 e. The van der Waals surface area contributed by atoms with Gasteiger partial charge in [0.25, 0.3) is 0 Å². The van der Waals surface area contributed by atoms with Gasteiger partial charge in [-0.15, -0.1) is 0 Å². The number of hydroxylamine groups is 2. The van der Waals surface area contributed by atoms with Crippen LogP contribution in [0.15, 0.2) is 41.6 Å². The maximum Gasteiger partial charge on any atom is 0.345 e. The Hall–Kier alpha value is -3.03. The molecule has 0 aliphatic carbocycles. The third-order valence-corrected chi connectivity index (χ3v) is 4.50. The van der Waals surface area contributed by atoms with Crippen LogP contribution in [0.25, 0.3) is 10.4 Å². The van der Waals surface area contributed by atoms with E-state index in [0.29, 0.717) is 32.8 Å². The van der Waals surface area contributed by atoms with Gasteiger partial charge in [-0.05, 0) is 11.1 Å². The molecule has 128 valence electrons. The number of hydrogen-bond acceptors (Lipinski definition) is 4. The van der Waals surface area contributed by atoms with Gasteiger partial charge in [-0.1, -0.05) is 35.4 Å². The number of nitrogens with zero attached hydrogens (tertiary/aromatic N) is 7. The Morgan fingerprint density at radius 3 is 3.00 bits per heavy atom. The number of carbonyl (C=O) groups is 1. The van der Waals surface area contributed by atoms with E-state index in [1.54, 1.807) is 15.8 Å². The molecular weight excluding hydrogens is 322 g/mol. The highest BCUT2D eigenvalue weighted by Crippen LogP contribution is 2.38. The fraction of sp³-hybridized carbons (Fsp3) is 0.375. The summed E-state index contributed by atoms with van der Waals surface area (Å²) in [5.41, 5.74) is 11.4. The van der Waals surface area contributed by atoms with Crippen LogP contribution in [0.4, 0.5) is 4.79 Å². The molecule has 1 unspecified atom stereocenters. The minimum absolute atomic E-state index is 0.126. The number of aromatic nitrogens is 2. The molecule has 1 aromatic heterocycles. The van der Waals surface area contributed by atoms with Gasteiger partial charge in [-0.2, -0.15) is 10.2 Å². The van der Waals surface area contributed by atoms with Crippen molar-refractivity contribution in [3.05, 3.63) is 63.8 Å². The lowest BCUT2D eigenvalue weighted by atomic mass is 10.1. The van der Waals surface area contributed by atoms with Crippen LogP contribution in [0, 0.1) is 0 Å². The highest BCUT2D eigenvalue weighted by atomic mass is 16.7. The molecule has 4 rings (SSSR count). The van der Waals surface area contributed by atoms with Crippen LogP contribution in [-0.2, 0) is 24.5 Å². The van der Waals surface area contributed by atoms with Gasteiger partial charge in [0.2, 0.25) is 0 Å². The fourth-order valence-corrected chi connectivity index (χ4v) is 3.29. The zero-order valence-electron chi connectivity index (χ0n) is 13.5. The van der Waals surface area contributed by atoms with E-state index < -0.39 is 0 Å². The molecule has 3 heterocycles. The Bertz CT molecular complexity index is 828. The molecule has 0 spiro atoms. The quantitative estimate of drug-likeness (QED) is 0.459. The van der Waals surface area contributed by atoms with Gasteiger partial charge in [0.1, 0.15) is 12.6 Å². The molecule has 2 aliphatic rings. The Labute approximate surface area is 144 Å². The van der Waals surface area contributed by atoms with Gasteiger partial charge in [-0.25, -0.2) is 4.79 Å². The third kappa shape index (κ3) is 2.79. The molecule has 1 fully saturated rings. The molecule has 1 aromatic carbocycles. The molecule has 0 N–H and O–H groups in total. The molecular formula is C16H17N7O2. The SMILES string of the molecule is [N-]=[N+]=NCCn1ncc2c1CN1CC2N(OCc2ccccc2)C1=O. The lowest BCUT2D eigenvalue weighted by molar-refractivity contribution is -0.141. The zero-order chi connectivity index (χ0) is 17.2. The van der Waals surface area contributed by atoms with Crippen molar-refractivity contribution in [3.8, 4) is 0 Å². The summed E-state index contributed by atoms with van der Waals surface area (Å²) in [7, 11) is 0. The number of carbonyl (C=O) groups excluding carboxylic acids is 1. The summed E-state index contributed by atoms with van der Waals surface area (Å²) in [5.74, 6) is 0. The number of hydrogen-bond donors (Lipinski definition) is 0. The van der Waals surface area contributed by atoms with Gasteiger partial charge < -0.3 is 4.90 Å². The van der Waals surface area contributed by atoms with E-state index in [4.69, 9.17) is 10.4 Å². The first-order valence-electron chi connectivity index (χ1n) is 8.08. The topological polar surface area (TPSA) is 99.4 Å². The molecule has 0 radical (unpaired) electrons. The Morgan fingerprint density at radius 1 is 1.36 bits per heavy atom. The van der Waals surface area contributed by atoms with E-state index in [0.717, 1.165) is 16.8 Å². The number of rotatable bonds is 6. The van der Waals surface area contributed by atoms with Crippen molar-refractivity contribution in [1.82, 2.24) is 19.7 Å². The highest BCUT2D eigenvalue weighted by Gasteiger charge is 2.45. The average Bonchev–Trinajstić information content (AvgIpc) is 3.16. The zero-order valence-corrected chi connectivity index (χ0v) is 13.5. The van der Waals surface area contributed by atoms with Gasteiger partial charge in [0, 0.05) is 23.6 Å². The number of benzene rings is 1. The molecule has 2 aliphatic heterocycles. The van der Waals surface area contributed by atoms with E-state index in [9.17, 15) is 4.79 Å². The normalized spacial score (nSPS) is 18.2. The van der Waals surface area contributed by atoms with Crippen LogP contribution in [0.3, 0.4) is 0 Å². The van der Waals surface area contributed by atoms with Crippen LogP contribution in [0.5, 0.6) is 0 Å². The van der Waals surface area contributed by atoms with Gasteiger partial charge in [0.15, 0.2) is 0 Å². The second-order valence-corrected chi connectivity index (χ2v) is 5.99. The van der Waals surface area contributed by atoms with Crippen molar-refractivity contribution in [3.63, 3.8) is 0 Å². The number of urea groups is 1. The summed E-state index contributed by atoms with van der Waals surface area (Å²) in [5, 5.41) is 9.38. The van der Waals surface area contributed by atoms with Crippen molar-refractivity contribution in [2.75, 3.05) is 13.1 Å². The first kappa shape index (κ1) is 15.5. The first-order valence-corrected chi connectivity index (χ1v) is 8.08. The van der Waals surface area contributed by atoms with E-state index in [1.807, 2.05) is 30.3 Å². The number of amides is 2. The maximum atomic E-state index is 12.6. The molecule has 2 bridgehead atoms. The average molecular weight is 339 g/mol. The lowest BCUT2D eigenvalue weighted by Crippen LogP contribution is -2.31. The summed E-state index contributed by atoms with van der Waals surface area (Å²) in [6.07, 6.45) is 1.78. The van der Waals surface area contributed by atoms with Crippen molar-refractivity contribution in [2.45, 2.75) is 25.7 Å². The standard InChI is InChI=1S/C16H17N7O2/c17-20-18-6-7-22-14-9-21-10-15(13(14)8-19-22)23(16(21)24)25-11-12-4-2-1-3-5-12/h1-5,8,15H,6-7,9-11H2. The van der Waals surface area contributed by atoms with Crippen LogP contribution < -0.4 is 0 Å². The Kier molecular flexibility index (Phi) is 4.01. The predicted octanol–water partition coefficient (Wildman–Crippen LogP) is 2.62. The molecule has 9 heteroatoms. The van der Waals surface area contributed by atoms with E-state index in [2.05, 4.69) is 15.1 Å². The van der Waals surface area contributed by atoms with Gasteiger partial charge >= 0.3 is 6.03 Å². The summed E-state index contributed by atoms with van der Waals surface area (Å²) in [4.78, 5) is 22.9. The predicted molar refractivity (Wildman–Crippen MR) is 87.9 cm³/mol. The molecule has 2 amide bonds. The molecule has 0 saturated carbocycles. The van der Waals surface area contributed by atoms with Crippen molar-refractivity contribution in [2.24, 2.45) is 5.11 Å². The fourth-order valence-electron chi connectivity index (χ4n) is 3.29. The minimum Gasteiger partial charge on any atom is -0.314 e. The van der Waals surface area contributed by atoms with E-state index in [1.165, 1.54) is 5.06 Å². The van der Waals surface area contributed by atoms with Crippen molar-refractivity contribution >= 4 is 6.03 Å². The van der Waals surface area contributed by atoms with E-state index in [-0.39, 0.29) is 12.1 Å². The second-order valence-electron chi connectivity index (χ2n) is 5.99. The second kappa shape index (κ2) is 6.46. The Morgan fingerprint density at radius 2 is 2.20 bits per heavy atom. The molecule has 9 nitrogen and oxygen atoms in total. The summed E-state index contributed by atoms with van der Waals surface area (Å²) in [6, 6.07) is 9.47. The maximum absolute atomic E-state index is 12.6. The molecule has 1 saturated heterocycles. The third-order valence-electron chi connectivity index (χ3n) is 4.50. The number of azide groups is 1. The summed E-state index contributed by atoms with van der Waals surface area (Å²) in [6.45, 7) is 2.27. The van der Waals surface area contributed by atoms with Crippen molar-refractivity contribution < 1.29 is 9.63 Å². The molecule has 2 aromatic rings.